The third-order valence-electron chi connectivity index (χ3n) is 6.68. The van der Waals surface area contributed by atoms with Crippen molar-refractivity contribution in [2.24, 2.45) is 5.92 Å². The molecule has 5 rings (SSSR count). The van der Waals surface area contributed by atoms with Crippen molar-refractivity contribution >= 4 is 28.1 Å². The third-order valence-corrected chi connectivity index (χ3v) is 7.44. The number of hydrogen-bond donors (Lipinski definition) is 0. The summed E-state index contributed by atoms with van der Waals surface area (Å²) in [5.41, 5.74) is 1.78. The molecule has 0 spiro atoms. The van der Waals surface area contributed by atoms with Gasteiger partial charge in [-0.1, -0.05) is 30.3 Å². The van der Waals surface area contributed by atoms with Crippen molar-refractivity contribution < 1.29 is 9.59 Å². The van der Waals surface area contributed by atoms with E-state index in [1.807, 2.05) is 52.4 Å². The van der Waals surface area contributed by atoms with Gasteiger partial charge in [0.05, 0.1) is 17.7 Å². The monoisotopic (exact) mass is 465 g/mol. The minimum atomic E-state index is -0.279. The van der Waals surface area contributed by atoms with E-state index in [0.717, 1.165) is 24.3 Å². The van der Waals surface area contributed by atoms with Crippen molar-refractivity contribution in [2.45, 2.75) is 25.9 Å². The van der Waals surface area contributed by atoms with E-state index in [9.17, 15) is 14.4 Å². The van der Waals surface area contributed by atoms with Gasteiger partial charge in [-0.05, 0) is 12.5 Å². The van der Waals surface area contributed by atoms with Gasteiger partial charge in [0, 0.05) is 63.3 Å². The summed E-state index contributed by atoms with van der Waals surface area (Å²) >= 11 is 1.45. The van der Waals surface area contributed by atoms with Crippen LogP contribution in [0.4, 0.5) is 0 Å². The summed E-state index contributed by atoms with van der Waals surface area (Å²) in [5.74, 6) is -0.162. The molecule has 0 aliphatic carbocycles. The summed E-state index contributed by atoms with van der Waals surface area (Å²) in [6.45, 7) is 5.78. The predicted molar refractivity (Wildman–Crippen MR) is 126 cm³/mol. The molecule has 2 aliphatic heterocycles. The van der Waals surface area contributed by atoms with Crippen LogP contribution in [0.2, 0.25) is 0 Å². The van der Waals surface area contributed by atoms with Crippen LogP contribution < -0.4 is 5.56 Å². The van der Waals surface area contributed by atoms with Crippen molar-refractivity contribution in [3.05, 3.63) is 69.6 Å². The molecule has 33 heavy (non-hydrogen) atoms. The van der Waals surface area contributed by atoms with Gasteiger partial charge in [-0.2, -0.15) is 0 Å². The average Bonchev–Trinajstić information content (AvgIpc) is 3.46. The molecule has 0 bridgehead atoms. The number of carbonyl (C=O) groups is 2. The molecular formula is C24H27N5O3S. The smallest absolute Gasteiger partial charge is 0.258 e. The summed E-state index contributed by atoms with van der Waals surface area (Å²) in [6.07, 6.45) is 2.02. The van der Waals surface area contributed by atoms with Crippen molar-refractivity contribution in [2.75, 3.05) is 32.7 Å². The van der Waals surface area contributed by atoms with Gasteiger partial charge in [0.15, 0.2) is 4.96 Å². The molecule has 1 aromatic carbocycles. The molecule has 2 saturated heterocycles. The van der Waals surface area contributed by atoms with E-state index in [-0.39, 0.29) is 35.8 Å². The maximum atomic E-state index is 13.2. The third kappa shape index (κ3) is 4.43. The Labute approximate surface area is 196 Å². The first-order valence-corrected chi connectivity index (χ1v) is 12.2. The fourth-order valence-electron chi connectivity index (χ4n) is 4.77. The lowest BCUT2D eigenvalue weighted by Crippen LogP contribution is -2.50. The Morgan fingerprint density at radius 3 is 2.67 bits per heavy atom. The normalized spacial score (nSPS) is 20.5. The van der Waals surface area contributed by atoms with Crippen LogP contribution >= 0.6 is 11.3 Å². The highest BCUT2D eigenvalue weighted by atomic mass is 32.1. The molecule has 0 radical (unpaired) electrons. The highest BCUT2D eigenvalue weighted by Gasteiger charge is 2.39. The number of carbonyl (C=O) groups excluding carboxylic acids is 2. The van der Waals surface area contributed by atoms with Gasteiger partial charge in [-0.15, -0.1) is 11.3 Å². The van der Waals surface area contributed by atoms with Crippen molar-refractivity contribution in [3.8, 4) is 0 Å². The van der Waals surface area contributed by atoms with Crippen LogP contribution in [0.5, 0.6) is 0 Å². The molecule has 2 aromatic heterocycles. The predicted octanol–water partition coefficient (Wildman–Crippen LogP) is 2.01. The van der Waals surface area contributed by atoms with Gasteiger partial charge in [-0.3, -0.25) is 23.7 Å². The van der Waals surface area contributed by atoms with E-state index in [4.69, 9.17) is 0 Å². The fourth-order valence-corrected chi connectivity index (χ4v) is 5.50. The summed E-state index contributed by atoms with van der Waals surface area (Å²) in [4.78, 5) is 49.2. The molecular weight excluding hydrogens is 438 g/mol. The summed E-state index contributed by atoms with van der Waals surface area (Å²) in [6, 6.07) is 11.5. The van der Waals surface area contributed by atoms with Crippen LogP contribution in [0.15, 0.2) is 52.8 Å². The fraction of sp³-hybridized carbons (Fsp3) is 0.417. The lowest BCUT2D eigenvalue weighted by Gasteiger charge is -2.35. The van der Waals surface area contributed by atoms with E-state index >= 15 is 0 Å². The highest BCUT2D eigenvalue weighted by Crippen LogP contribution is 2.29. The van der Waals surface area contributed by atoms with E-state index in [1.165, 1.54) is 11.3 Å². The maximum Gasteiger partial charge on any atom is 0.258 e. The maximum absolute atomic E-state index is 13.2. The van der Waals surface area contributed by atoms with E-state index in [2.05, 4.69) is 9.88 Å². The Balaban J connectivity index is 1.17. The molecule has 2 fully saturated rings. The largest absolute Gasteiger partial charge is 0.340 e. The molecule has 0 saturated carbocycles. The number of likely N-dealkylation sites (tertiary alicyclic amines) is 1. The lowest BCUT2D eigenvalue weighted by atomic mass is 10.1. The van der Waals surface area contributed by atoms with Gasteiger partial charge in [0.1, 0.15) is 0 Å². The van der Waals surface area contributed by atoms with E-state index in [1.54, 1.807) is 16.7 Å². The van der Waals surface area contributed by atoms with Crippen molar-refractivity contribution in [1.82, 2.24) is 24.1 Å². The number of nitrogens with zero attached hydrogens (tertiary/aromatic N) is 5. The van der Waals surface area contributed by atoms with Crippen LogP contribution in [0.1, 0.15) is 30.6 Å². The number of hydrogen-bond acceptors (Lipinski definition) is 6. The van der Waals surface area contributed by atoms with Crippen LogP contribution in [0.3, 0.4) is 0 Å². The molecule has 172 valence electrons. The molecule has 9 heteroatoms. The SMILES string of the molecule is C[C@H](c1ccccc1)N1C[C@H](C(=O)N2CCN(Cc3cc(=O)n4ccsc4n3)CC2)CC1=O. The van der Waals surface area contributed by atoms with E-state index < -0.39 is 0 Å². The van der Waals surface area contributed by atoms with Crippen LogP contribution in [-0.4, -0.2) is 68.6 Å². The molecule has 2 amide bonds. The Morgan fingerprint density at radius 2 is 1.91 bits per heavy atom. The number of fused-ring (bicyclic) bond motifs is 1. The first-order valence-electron chi connectivity index (χ1n) is 11.3. The average molecular weight is 466 g/mol. The first-order chi connectivity index (χ1) is 16.0. The molecule has 0 unspecified atom stereocenters. The summed E-state index contributed by atoms with van der Waals surface area (Å²) in [7, 11) is 0. The minimum Gasteiger partial charge on any atom is -0.340 e. The topological polar surface area (TPSA) is 78.2 Å². The minimum absolute atomic E-state index is 0.0365. The number of piperazine rings is 1. The molecule has 4 heterocycles. The zero-order valence-electron chi connectivity index (χ0n) is 18.6. The van der Waals surface area contributed by atoms with Gasteiger partial charge in [-0.25, -0.2) is 4.98 Å². The molecule has 2 aliphatic rings. The van der Waals surface area contributed by atoms with Crippen LogP contribution in [0.25, 0.3) is 4.96 Å². The Bertz CT molecular complexity index is 1220. The second kappa shape index (κ2) is 9.07. The Kier molecular flexibility index (Phi) is 5.99. The molecule has 8 nitrogen and oxygen atoms in total. The van der Waals surface area contributed by atoms with E-state index in [0.29, 0.717) is 31.1 Å². The second-order valence-corrected chi connectivity index (χ2v) is 9.65. The van der Waals surface area contributed by atoms with Gasteiger partial charge in [0.2, 0.25) is 11.8 Å². The van der Waals surface area contributed by atoms with Crippen LogP contribution in [-0.2, 0) is 16.1 Å². The van der Waals surface area contributed by atoms with Gasteiger partial charge in [0.25, 0.3) is 5.56 Å². The quantitative estimate of drug-likeness (QED) is 0.576. The summed E-state index contributed by atoms with van der Waals surface area (Å²) in [5, 5.41) is 1.85. The van der Waals surface area contributed by atoms with Gasteiger partial charge < -0.3 is 9.80 Å². The molecule has 3 aromatic rings. The van der Waals surface area contributed by atoms with Gasteiger partial charge >= 0.3 is 0 Å². The number of amides is 2. The Hall–Kier alpha value is -3.04. The second-order valence-electron chi connectivity index (χ2n) is 8.78. The highest BCUT2D eigenvalue weighted by molar-refractivity contribution is 7.15. The first kappa shape index (κ1) is 21.8. The zero-order chi connectivity index (χ0) is 22.9. The van der Waals surface area contributed by atoms with Crippen LogP contribution in [0, 0.1) is 5.92 Å². The number of rotatable bonds is 5. The number of benzene rings is 1. The standard InChI is InChI=1S/C24H27N5O3S/c1-17(18-5-3-2-4-6-18)29-15-19(13-21(29)30)23(32)27-9-7-26(8-10-27)16-20-14-22(31)28-11-12-33-24(28)25-20/h2-6,11-12,14,17,19H,7-10,13,15-16H2,1H3/t17-,19-/m1/s1. The summed E-state index contributed by atoms with van der Waals surface area (Å²) < 4.78 is 1.55. The van der Waals surface area contributed by atoms with Crippen molar-refractivity contribution in [3.63, 3.8) is 0 Å². The Morgan fingerprint density at radius 1 is 1.15 bits per heavy atom. The number of aromatic nitrogens is 2. The van der Waals surface area contributed by atoms with Crippen molar-refractivity contribution in [1.29, 1.82) is 0 Å². The molecule has 0 N–H and O–H groups in total. The zero-order valence-corrected chi connectivity index (χ0v) is 19.4. The number of thiazole rings is 1. The lowest BCUT2D eigenvalue weighted by molar-refractivity contribution is -0.137. The molecule has 2 atom stereocenters.